The first kappa shape index (κ1) is 15.3. The largest absolute Gasteiger partial charge is 0.506 e. The van der Waals surface area contributed by atoms with Crippen LogP contribution in [0.3, 0.4) is 0 Å². The average Bonchev–Trinajstić information content (AvgIpc) is 2.44. The lowest BCUT2D eigenvalue weighted by molar-refractivity contribution is 0.212. The van der Waals surface area contributed by atoms with E-state index < -0.39 is 5.54 Å². The van der Waals surface area contributed by atoms with Gasteiger partial charge in [-0.25, -0.2) is 9.97 Å². The van der Waals surface area contributed by atoms with Gasteiger partial charge in [-0.05, 0) is 13.3 Å². The summed E-state index contributed by atoms with van der Waals surface area (Å²) in [7, 11) is 0. The zero-order valence-corrected chi connectivity index (χ0v) is 12.4. The van der Waals surface area contributed by atoms with Gasteiger partial charge in [0.1, 0.15) is 17.1 Å². The number of nitrogens with two attached hydrogens (primary N) is 1. The summed E-state index contributed by atoms with van der Waals surface area (Å²) in [6, 6.07) is 3.22. The molecule has 0 aromatic carbocycles. The third kappa shape index (κ3) is 3.52. The van der Waals surface area contributed by atoms with Gasteiger partial charge in [0.15, 0.2) is 0 Å². The Morgan fingerprint density at radius 1 is 1.38 bits per heavy atom. The number of anilines is 2. The van der Waals surface area contributed by atoms with E-state index in [2.05, 4.69) is 22.2 Å². The summed E-state index contributed by atoms with van der Waals surface area (Å²) < 4.78 is 0. The van der Waals surface area contributed by atoms with E-state index in [1.807, 2.05) is 6.92 Å². The van der Waals surface area contributed by atoms with Crippen LogP contribution >= 0.6 is 0 Å². The fourth-order valence-corrected chi connectivity index (χ4v) is 2.29. The van der Waals surface area contributed by atoms with Crippen LogP contribution in [0.1, 0.15) is 33.1 Å². The van der Waals surface area contributed by atoms with Crippen molar-refractivity contribution in [3.05, 3.63) is 18.3 Å². The Labute approximate surface area is 124 Å². The van der Waals surface area contributed by atoms with Gasteiger partial charge in [0.25, 0.3) is 0 Å². The normalized spacial score (nSPS) is 14.0. The summed E-state index contributed by atoms with van der Waals surface area (Å²) in [5, 5.41) is 22.5. The molecule has 0 amide bonds. The van der Waals surface area contributed by atoms with Crippen molar-refractivity contribution in [1.82, 2.24) is 9.97 Å². The maximum absolute atomic E-state index is 9.69. The van der Waals surface area contributed by atoms with E-state index in [1.54, 1.807) is 6.07 Å². The molecule has 1 atom stereocenters. The first-order valence-corrected chi connectivity index (χ1v) is 7.12. The van der Waals surface area contributed by atoms with Crippen LogP contribution in [0.4, 0.5) is 11.5 Å². The molecule has 0 spiro atoms. The Balaban J connectivity index is 2.41. The molecule has 2 aromatic heterocycles. The predicted molar refractivity (Wildman–Crippen MR) is 84.3 cm³/mol. The first-order valence-electron chi connectivity index (χ1n) is 7.12. The van der Waals surface area contributed by atoms with E-state index in [9.17, 15) is 10.2 Å². The number of aromatic nitrogens is 2. The second-order valence-electron chi connectivity index (χ2n) is 5.60. The first-order chi connectivity index (χ1) is 9.97. The highest BCUT2D eigenvalue weighted by Gasteiger charge is 2.23. The molecule has 21 heavy (non-hydrogen) atoms. The average molecular weight is 290 g/mol. The van der Waals surface area contributed by atoms with Gasteiger partial charge in [0.2, 0.25) is 0 Å². The van der Waals surface area contributed by atoms with E-state index in [0.29, 0.717) is 22.5 Å². The number of hydrogen-bond acceptors (Lipinski definition) is 6. The lowest BCUT2D eigenvalue weighted by Crippen LogP contribution is -2.38. The Bertz CT molecular complexity index is 627. The quantitative estimate of drug-likeness (QED) is 0.650. The number of nitrogen functional groups attached to an aromatic ring is 1. The monoisotopic (exact) mass is 290 g/mol. The van der Waals surface area contributed by atoms with Crippen molar-refractivity contribution < 1.29 is 10.2 Å². The molecule has 2 heterocycles. The minimum atomic E-state index is -0.448. The van der Waals surface area contributed by atoms with Crippen molar-refractivity contribution in [2.45, 2.75) is 38.6 Å². The van der Waals surface area contributed by atoms with Crippen LogP contribution in [0.15, 0.2) is 18.3 Å². The SMILES string of the molecule is CCCCC(C)(CO)Nc1cc(N)nc2cc(O)cnc12. The second-order valence-corrected chi connectivity index (χ2v) is 5.60. The lowest BCUT2D eigenvalue weighted by Gasteiger charge is -2.30. The third-order valence-corrected chi connectivity index (χ3v) is 3.52. The maximum Gasteiger partial charge on any atom is 0.136 e. The summed E-state index contributed by atoms with van der Waals surface area (Å²) in [4.78, 5) is 8.38. The zero-order valence-electron chi connectivity index (χ0n) is 12.4. The number of rotatable bonds is 6. The summed E-state index contributed by atoms with van der Waals surface area (Å²) >= 11 is 0. The Hall–Kier alpha value is -2.08. The minimum Gasteiger partial charge on any atom is -0.506 e. The molecule has 2 aromatic rings. The lowest BCUT2D eigenvalue weighted by atomic mass is 9.95. The number of hydrogen-bond donors (Lipinski definition) is 4. The van der Waals surface area contributed by atoms with Gasteiger partial charge in [-0.15, -0.1) is 0 Å². The minimum absolute atomic E-state index is 0.00873. The molecule has 0 bridgehead atoms. The van der Waals surface area contributed by atoms with Crippen molar-refractivity contribution in [2.75, 3.05) is 17.7 Å². The van der Waals surface area contributed by atoms with Crippen LogP contribution in [0.2, 0.25) is 0 Å². The molecule has 2 rings (SSSR count). The van der Waals surface area contributed by atoms with Gasteiger partial charge in [0.05, 0.1) is 29.5 Å². The molecule has 0 saturated heterocycles. The van der Waals surface area contributed by atoms with Gasteiger partial charge in [-0.3, -0.25) is 0 Å². The molecule has 1 unspecified atom stereocenters. The van der Waals surface area contributed by atoms with Crippen molar-refractivity contribution >= 4 is 22.5 Å². The maximum atomic E-state index is 9.69. The highest BCUT2D eigenvalue weighted by atomic mass is 16.3. The topological polar surface area (TPSA) is 104 Å². The van der Waals surface area contributed by atoms with E-state index in [-0.39, 0.29) is 12.4 Å². The summed E-state index contributed by atoms with van der Waals surface area (Å²) in [5.41, 5.74) is 7.22. The molecule has 0 aliphatic heterocycles. The van der Waals surface area contributed by atoms with Crippen LogP contribution < -0.4 is 11.1 Å². The highest BCUT2D eigenvalue weighted by molar-refractivity contribution is 5.90. The fraction of sp³-hybridized carbons (Fsp3) is 0.467. The molecule has 114 valence electrons. The highest BCUT2D eigenvalue weighted by Crippen LogP contribution is 2.28. The molecule has 6 heteroatoms. The predicted octanol–water partition coefficient (Wildman–Crippen LogP) is 2.27. The van der Waals surface area contributed by atoms with Gasteiger partial charge in [0, 0.05) is 12.1 Å². The van der Waals surface area contributed by atoms with Crippen LogP contribution in [0, 0.1) is 0 Å². The third-order valence-electron chi connectivity index (χ3n) is 3.52. The van der Waals surface area contributed by atoms with E-state index >= 15 is 0 Å². The van der Waals surface area contributed by atoms with E-state index in [1.165, 1.54) is 12.3 Å². The molecule has 6 nitrogen and oxygen atoms in total. The second kappa shape index (κ2) is 6.13. The van der Waals surface area contributed by atoms with E-state index in [4.69, 9.17) is 5.73 Å². The number of nitrogens with one attached hydrogen (secondary N) is 1. The molecule has 0 fully saturated rings. The number of aliphatic hydroxyl groups excluding tert-OH is 1. The molecule has 0 aliphatic rings. The number of aliphatic hydroxyl groups is 1. The van der Waals surface area contributed by atoms with Crippen molar-refractivity contribution in [2.24, 2.45) is 0 Å². The summed E-state index contributed by atoms with van der Waals surface area (Å²) in [6.07, 6.45) is 4.27. The van der Waals surface area contributed by atoms with E-state index in [0.717, 1.165) is 19.3 Å². The van der Waals surface area contributed by atoms with Gasteiger partial charge >= 0.3 is 0 Å². The van der Waals surface area contributed by atoms with Crippen molar-refractivity contribution in [3.8, 4) is 5.75 Å². The van der Waals surface area contributed by atoms with Gasteiger partial charge < -0.3 is 21.3 Å². The van der Waals surface area contributed by atoms with Gasteiger partial charge in [-0.2, -0.15) is 0 Å². The summed E-state index contributed by atoms with van der Waals surface area (Å²) in [6.45, 7) is 4.09. The van der Waals surface area contributed by atoms with Crippen molar-refractivity contribution in [3.63, 3.8) is 0 Å². The Morgan fingerprint density at radius 2 is 2.14 bits per heavy atom. The fourth-order valence-electron chi connectivity index (χ4n) is 2.29. The number of pyridine rings is 2. The molecule has 0 saturated carbocycles. The smallest absolute Gasteiger partial charge is 0.136 e. The Morgan fingerprint density at radius 3 is 2.81 bits per heavy atom. The van der Waals surface area contributed by atoms with Crippen molar-refractivity contribution in [1.29, 1.82) is 0 Å². The number of fused-ring (bicyclic) bond motifs is 1. The number of unbranched alkanes of at least 4 members (excludes halogenated alkanes) is 1. The van der Waals surface area contributed by atoms with Gasteiger partial charge in [-0.1, -0.05) is 19.8 Å². The van der Waals surface area contributed by atoms with Crippen LogP contribution in [-0.4, -0.2) is 32.3 Å². The van der Waals surface area contributed by atoms with Crippen LogP contribution in [-0.2, 0) is 0 Å². The number of aromatic hydroxyl groups is 1. The Kier molecular flexibility index (Phi) is 4.47. The molecular formula is C15H22N4O2. The standard InChI is InChI=1S/C15H22N4O2/c1-3-4-5-15(2,9-20)19-12-7-13(16)18-11-6-10(21)8-17-14(11)12/h6-8,20-21H,3-5,9H2,1-2H3,(H3,16,18,19). The molecular weight excluding hydrogens is 268 g/mol. The molecule has 0 radical (unpaired) electrons. The molecule has 0 aliphatic carbocycles. The summed E-state index contributed by atoms with van der Waals surface area (Å²) in [5.74, 6) is 0.385. The molecule has 5 N–H and O–H groups in total. The van der Waals surface area contributed by atoms with Crippen LogP contribution in [0.25, 0.3) is 11.0 Å². The zero-order chi connectivity index (χ0) is 15.5. The van der Waals surface area contributed by atoms with Crippen LogP contribution in [0.5, 0.6) is 5.75 Å². The number of nitrogens with zero attached hydrogens (tertiary/aromatic N) is 2.